The Balaban J connectivity index is 1.31. The van der Waals surface area contributed by atoms with Crippen molar-refractivity contribution < 1.29 is 47.7 Å². The van der Waals surface area contributed by atoms with E-state index >= 15 is 0 Å². The maximum absolute atomic E-state index is 14.2. The van der Waals surface area contributed by atoms with E-state index in [9.17, 15) is 28.8 Å². The van der Waals surface area contributed by atoms with Gasteiger partial charge in [-0.3, -0.25) is 38.8 Å². The zero-order valence-corrected chi connectivity index (χ0v) is 41.5. The largest absolute Gasteiger partial charge is 0.483 e. The topological polar surface area (TPSA) is 236 Å². The zero-order chi connectivity index (χ0) is 50.6. The van der Waals surface area contributed by atoms with Crippen LogP contribution in [0.1, 0.15) is 90.1 Å². The molecular weight excluding hydrogens is 897 g/mol. The van der Waals surface area contributed by atoms with Crippen molar-refractivity contribution in [2.45, 2.75) is 123 Å². The number of ether oxygens (including phenoxy) is 4. The molecule has 0 bridgehead atoms. The molecule has 4 aromatic rings. The van der Waals surface area contributed by atoms with Crippen LogP contribution in [0, 0.1) is 11.8 Å². The number of carbonyl (C=O) groups is 6. The van der Waals surface area contributed by atoms with Crippen LogP contribution in [0.15, 0.2) is 85.1 Å². The predicted octanol–water partition coefficient (Wildman–Crippen LogP) is 4.41. The Hall–Kier alpha value is -6.50. The van der Waals surface area contributed by atoms with Crippen molar-refractivity contribution in [3.8, 4) is 11.5 Å². The number of nitrogens with zero attached hydrogens (tertiary/aromatic N) is 3. The summed E-state index contributed by atoms with van der Waals surface area (Å²) in [5.74, 6) is -2.63. The summed E-state index contributed by atoms with van der Waals surface area (Å²) in [5, 5.41) is 21.8. The van der Waals surface area contributed by atoms with Crippen molar-refractivity contribution in [2.24, 2.45) is 11.8 Å². The van der Waals surface area contributed by atoms with Gasteiger partial charge in [0.25, 0.3) is 0 Å². The standard InChI is InChI=1S/C52H70N8O10/c1-8-24-67-25-23-60(30-39-20-22-44(70-51(66)35(4)5)45(28-39)68-32-40-29-53-59-58-40)31-46(61)55-41(21-19-37-15-11-9-12-16-37)49(64)54-36(6)48(63)57-43(27-38-17-13-10-14-18-38)50(65)56-42(26-34(2)3)47(62)52(7)33-69-52/h9-18,20,22,28-29,34-36,41-43H,8,19,21,23-27,30-33H2,1-7H3,(H,54,64)(H,55,61)(H,56,65)(H,57,63)(H,53,58,59)/t36-,41-,42-,43-,52+/m0/s1. The molecule has 2 heterocycles. The molecule has 5 N–H and O–H groups in total. The highest BCUT2D eigenvalue weighted by Gasteiger charge is 2.50. The molecule has 0 aliphatic carbocycles. The van der Waals surface area contributed by atoms with Gasteiger partial charge in [-0.1, -0.05) is 107 Å². The lowest BCUT2D eigenvalue weighted by Crippen LogP contribution is -2.58. The minimum Gasteiger partial charge on any atom is -0.483 e. The van der Waals surface area contributed by atoms with Gasteiger partial charge in [-0.2, -0.15) is 0 Å². The third kappa shape index (κ3) is 17.8. The second kappa shape index (κ2) is 27.0. The Bertz CT molecular complexity index is 2310. The maximum atomic E-state index is 14.2. The number of esters is 1. The minimum absolute atomic E-state index is 0.0518. The van der Waals surface area contributed by atoms with E-state index in [-0.39, 0.29) is 62.5 Å². The molecule has 0 radical (unpaired) electrons. The number of carbonyl (C=O) groups excluding carboxylic acids is 6. The van der Waals surface area contributed by atoms with Gasteiger partial charge in [0, 0.05) is 32.3 Å². The first-order valence-electron chi connectivity index (χ1n) is 24.1. The van der Waals surface area contributed by atoms with Crippen LogP contribution in [0.2, 0.25) is 0 Å². The van der Waals surface area contributed by atoms with Gasteiger partial charge in [0.05, 0.1) is 31.7 Å². The summed E-state index contributed by atoms with van der Waals surface area (Å²) in [6.07, 6.45) is 3.57. The fourth-order valence-electron chi connectivity index (χ4n) is 7.43. The minimum atomic E-state index is -1.13. The summed E-state index contributed by atoms with van der Waals surface area (Å²) in [6, 6.07) is 19.8. The van der Waals surface area contributed by atoms with Gasteiger partial charge in [0.1, 0.15) is 36.0 Å². The summed E-state index contributed by atoms with van der Waals surface area (Å²) in [6.45, 7) is 14.3. The van der Waals surface area contributed by atoms with Crippen LogP contribution in [0.5, 0.6) is 11.5 Å². The van der Waals surface area contributed by atoms with Crippen LogP contribution in [0.25, 0.3) is 0 Å². The molecule has 18 nitrogen and oxygen atoms in total. The molecule has 1 fully saturated rings. The highest BCUT2D eigenvalue weighted by Crippen LogP contribution is 2.31. The molecule has 1 saturated heterocycles. The molecule has 0 spiro atoms. The Kier molecular flexibility index (Phi) is 21.0. The maximum Gasteiger partial charge on any atom is 0.313 e. The van der Waals surface area contributed by atoms with Crippen LogP contribution in [-0.4, -0.2) is 118 Å². The Morgan fingerprint density at radius 2 is 1.46 bits per heavy atom. The van der Waals surface area contributed by atoms with E-state index < -0.39 is 59.4 Å². The predicted molar refractivity (Wildman–Crippen MR) is 261 cm³/mol. The number of Topliss-reactive ketones (excluding diaryl/α,β-unsaturated/α-hetero) is 1. The molecule has 3 aromatic carbocycles. The molecule has 18 heteroatoms. The molecule has 378 valence electrons. The van der Waals surface area contributed by atoms with Crippen molar-refractivity contribution in [1.82, 2.24) is 41.6 Å². The van der Waals surface area contributed by atoms with E-state index in [0.29, 0.717) is 44.0 Å². The molecule has 5 rings (SSSR count). The number of amides is 4. The van der Waals surface area contributed by atoms with Gasteiger partial charge in [-0.05, 0) is 74.3 Å². The van der Waals surface area contributed by atoms with Crippen molar-refractivity contribution >= 4 is 35.4 Å². The Labute approximate surface area is 410 Å². The number of benzene rings is 3. The number of rotatable bonds is 30. The molecule has 0 unspecified atom stereocenters. The molecule has 5 atom stereocenters. The van der Waals surface area contributed by atoms with Crippen molar-refractivity contribution in [3.63, 3.8) is 0 Å². The van der Waals surface area contributed by atoms with Crippen LogP contribution in [-0.2, 0) is 64.2 Å². The third-order valence-corrected chi connectivity index (χ3v) is 11.5. The van der Waals surface area contributed by atoms with E-state index in [2.05, 4.69) is 36.7 Å². The summed E-state index contributed by atoms with van der Waals surface area (Å²) >= 11 is 0. The van der Waals surface area contributed by atoms with E-state index in [1.165, 1.54) is 6.92 Å². The van der Waals surface area contributed by atoms with Gasteiger partial charge in [-0.15, -0.1) is 5.10 Å². The third-order valence-electron chi connectivity index (χ3n) is 11.5. The molecular formula is C52H70N8O10. The number of aromatic nitrogens is 3. The van der Waals surface area contributed by atoms with E-state index in [1.807, 2.05) is 86.3 Å². The number of aryl methyl sites for hydroxylation is 1. The number of nitrogens with one attached hydrogen (secondary N) is 5. The Morgan fingerprint density at radius 3 is 2.09 bits per heavy atom. The number of hydrogen-bond donors (Lipinski definition) is 5. The van der Waals surface area contributed by atoms with E-state index in [0.717, 1.165) is 23.1 Å². The summed E-state index contributed by atoms with van der Waals surface area (Å²) in [5.41, 5.74) is 2.04. The number of aromatic amines is 1. The quantitative estimate of drug-likeness (QED) is 0.0211. The van der Waals surface area contributed by atoms with E-state index in [1.54, 1.807) is 45.2 Å². The van der Waals surface area contributed by atoms with Crippen LogP contribution < -0.4 is 30.7 Å². The van der Waals surface area contributed by atoms with E-state index in [4.69, 9.17) is 18.9 Å². The number of hydrogen-bond acceptors (Lipinski definition) is 13. The number of ketones is 1. The second-order valence-electron chi connectivity index (χ2n) is 18.6. The normalized spacial score (nSPS) is 15.9. The SMILES string of the molecule is CCCOCCN(CC(=O)N[C@@H](CCc1ccccc1)C(=O)N[C@@H](C)C(=O)N[C@@H](Cc1ccccc1)C(=O)N[C@@H](CC(C)C)C(=O)[C@@]1(C)CO1)Cc1ccc(OC(=O)C(C)C)c(OCc2c[nH]nn2)c1. The highest BCUT2D eigenvalue weighted by atomic mass is 16.6. The molecule has 70 heavy (non-hydrogen) atoms. The fraction of sp³-hybridized carbons (Fsp3) is 0.500. The van der Waals surface area contributed by atoms with Gasteiger partial charge < -0.3 is 40.2 Å². The van der Waals surface area contributed by atoms with Crippen LogP contribution in [0.4, 0.5) is 0 Å². The molecule has 1 aromatic heterocycles. The first kappa shape index (κ1) is 54.4. The first-order chi connectivity index (χ1) is 33.5. The Morgan fingerprint density at radius 1 is 0.786 bits per heavy atom. The van der Waals surface area contributed by atoms with Crippen molar-refractivity contribution in [1.29, 1.82) is 0 Å². The molecule has 0 saturated carbocycles. The van der Waals surface area contributed by atoms with Gasteiger partial charge in [-0.25, -0.2) is 0 Å². The van der Waals surface area contributed by atoms with Gasteiger partial charge >= 0.3 is 5.97 Å². The van der Waals surface area contributed by atoms with Crippen LogP contribution in [0.3, 0.4) is 0 Å². The lowest BCUT2D eigenvalue weighted by molar-refractivity contribution is -0.138. The summed E-state index contributed by atoms with van der Waals surface area (Å²) < 4.78 is 22.9. The average Bonchev–Trinajstić information content (AvgIpc) is 3.86. The fourth-order valence-corrected chi connectivity index (χ4v) is 7.43. The highest BCUT2D eigenvalue weighted by molar-refractivity contribution is 5.98. The van der Waals surface area contributed by atoms with Crippen molar-refractivity contribution in [2.75, 3.05) is 32.9 Å². The molecule has 1 aliphatic rings. The summed E-state index contributed by atoms with van der Waals surface area (Å²) in [7, 11) is 0. The summed E-state index contributed by atoms with van der Waals surface area (Å²) in [4.78, 5) is 84.0. The average molecular weight is 967 g/mol. The lowest BCUT2D eigenvalue weighted by Gasteiger charge is -2.27. The molecule has 1 aliphatic heterocycles. The van der Waals surface area contributed by atoms with Crippen molar-refractivity contribution in [3.05, 3.63) is 107 Å². The molecule has 4 amide bonds. The lowest BCUT2D eigenvalue weighted by atomic mass is 9.93. The second-order valence-corrected chi connectivity index (χ2v) is 18.6. The van der Waals surface area contributed by atoms with Crippen LogP contribution >= 0.6 is 0 Å². The zero-order valence-electron chi connectivity index (χ0n) is 41.5. The number of H-pyrrole nitrogens is 1. The monoisotopic (exact) mass is 967 g/mol. The van der Waals surface area contributed by atoms with Gasteiger partial charge in [0.15, 0.2) is 17.3 Å². The van der Waals surface area contributed by atoms with Gasteiger partial charge in [0.2, 0.25) is 23.6 Å². The first-order valence-corrected chi connectivity index (χ1v) is 24.1. The smallest absolute Gasteiger partial charge is 0.313 e. The number of epoxide rings is 1.